The van der Waals surface area contributed by atoms with Crippen molar-refractivity contribution < 1.29 is 4.74 Å². The van der Waals surface area contributed by atoms with Gasteiger partial charge >= 0.3 is 0 Å². The molecule has 2 rings (SSSR count). The van der Waals surface area contributed by atoms with Crippen LogP contribution >= 0.6 is 15.9 Å². The molecule has 0 aliphatic rings. The second-order valence-electron chi connectivity index (χ2n) is 3.94. The lowest BCUT2D eigenvalue weighted by Crippen LogP contribution is -1.99. The number of rotatable bonds is 5. The van der Waals surface area contributed by atoms with Gasteiger partial charge in [-0.05, 0) is 48.9 Å². The normalized spacial score (nSPS) is 10.1. The lowest BCUT2D eigenvalue weighted by Gasteiger charge is -2.08. The highest BCUT2D eigenvalue weighted by Gasteiger charge is 1.96. The fourth-order valence-corrected chi connectivity index (χ4v) is 2.13. The fraction of sp³-hybridized carbons (Fsp3) is 0.200. The van der Waals surface area contributed by atoms with Gasteiger partial charge in [0, 0.05) is 16.7 Å². The Kier molecular flexibility index (Phi) is 4.65. The number of hydrogen-bond donors (Lipinski definition) is 1. The molecule has 0 bridgehead atoms. The topological polar surface area (TPSA) is 21.3 Å². The number of hydrogen-bond acceptors (Lipinski definition) is 2. The maximum atomic E-state index is 5.41. The zero-order valence-corrected chi connectivity index (χ0v) is 11.9. The van der Waals surface area contributed by atoms with Crippen molar-refractivity contribution in [2.24, 2.45) is 0 Å². The second kappa shape index (κ2) is 6.45. The fourth-order valence-electron chi connectivity index (χ4n) is 1.69. The Bertz CT molecular complexity index is 496. The van der Waals surface area contributed by atoms with Crippen LogP contribution in [0, 0.1) is 0 Å². The third-order valence-corrected chi connectivity index (χ3v) is 3.04. The third-order valence-electron chi connectivity index (χ3n) is 2.55. The molecule has 0 amide bonds. The van der Waals surface area contributed by atoms with Gasteiger partial charge in [0.05, 0.1) is 6.61 Å². The van der Waals surface area contributed by atoms with Crippen LogP contribution in [0.1, 0.15) is 12.5 Å². The number of halogens is 1. The summed E-state index contributed by atoms with van der Waals surface area (Å²) in [5, 5.41) is 3.38. The highest BCUT2D eigenvalue weighted by atomic mass is 79.9. The van der Waals surface area contributed by atoms with E-state index in [2.05, 4.69) is 33.4 Å². The van der Waals surface area contributed by atoms with Gasteiger partial charge < -0.3 is 10.1 Å². The van der Waals surface area contributed by atoms with Crippen molar-refractivity contribution in [1.29, 1.82) is 0 Å². The van der Waals surface area contributed by atoms with E-state index >= 15 is 0 Å². The monoisotopic (exact) mass is 305 g/mol. The minimum absolute atomic E-state index is 0.699. The van der Waals surface area contributed by atoms with Gasteiger partial charge in [0.25, 0.3) is 0 Å². The molecule has 0 fully saturated rings. The Morgan fingerprint density at radius 2 is 1.89 bits per heavy atom. The van der Waals surface area contributed by atoms with E-state index in [-0.39, 0.29) is 0 Å². The first-order chi connectivity index (χ1) is 8.78. The predicted octanol–water partition coefficient (Wildman–Crippen LogP) is 4.46. The Morgan fingerprint density at radius 3 is 2.56 bits per heavy atom. The zero-order valence-electron chi connectivity index (χ0n) is 10.3. The molecule has 0 saturated heterocycles. The maximum absolute atomic E-state index is 5.41. The molecule has 0 aromatic heterocycles. The molecule has 2 nitrogen and oxygen atoms in total. The molecule has 0 radical (unpaired) electrons. The smallest absolute Gasteiger partial charge is 0.119 e. The number of anilines is 1. The predicted molar refractivity (Wildman–Crippen MR) is 79.1 cm³/mol. The molecule has 0 aliphatic carbocycles. The van der Waals surface area contributed by atoms with Gasteiger partial charge in [0.2, 0.25) is 0 Å². The van der Waals surface area contributed by atoms with Crippen molar-refractivity contribution in [3.8, 4) is 5.75 Å². The molecule has 0 unspecified atom stereocenters. The lowest BCUT2D eigenvalue weighted by molar-refractivity contribution is 0.340. The summed E-state index contributed by atoms with van der Waals surface area (Å²) in [6.45, 7) is 3.50. The molecule has 94 valence electrons. The highest BCUT2D eigenvalue weighted by molar-refractivity contribution is 9.10. The Labute approximate surface area is 116 Å². The quantitative estimate of drug-likeness (QED) is 0.880. The molecule has 0 aliphatic heterocycles. The summed E-state index contributed by atoms with van der Waals surface area (Å²) in [7, 11) is 0. The summed E-state index contributed by atoms with van der Waals surface area (Å²) in [5.41, 5.74) is 2.34. The van der Waals surface area contributed by atoms with Crippen molar-refractivity contribution in [1.82, 2.24) is 0 Å². The summed E-state index contributed by atoms with van der Waals surface area (Å²) in [4.78, 5) is 0. The number of benzene rings is 2. The highest BCUT2D eigenvalue weighted by Crippen LogP contribution is 2.17. The van der Waals surface area contributed by atoms with E-state index < -0.39 is 0 Å². The van der Waals surface area contributed by atoms with Crippen LogP contribution in [0.25, 0.3) is 0 Å². The molecule has 0 saturated carbocycles. The molecular weight excluding hydrogens is 290 g/mol. The summed E-state index contributed by atoms with van der Waals surface area (Å²) in [5.74, 6) is 0.908. The molecule has 3 heteroatoms. The maximum Gasteiger partial charge on any atom is 0.119 e. The lowest BCUT2D eigenvalue weighted by atomic mass is 10.2. The van der Waals surface area contributed by atoms with Crippen molar-refractivity contribution in [2.45, 2.75) is 13.5 Å². The minimum Gasteiger partial charge on any atom is -0.494 e. The van der Waals surface area contributed by atoms with Crippen LogP contribution < -0.4 is 10.1 Å². The average molecular weight is 306 g/mol. The first-order valence-electron chi connectivity index (χ1n) is 5.99. The van der Waals surface area contributed by atoms with E-state index in [1.165, 1.54) is 5.56 Å². The number of nitrogens with one attached hydrogen (secondary N) is 1. The molecule has 0 atom stereocenters. The summed E-state index contributed by atoms with van der Waals surface area (Å²) < 4.78 is 6.51. The zero-order chi connectivity index (χ0) is 12.8. The SMILES string of the molecule is CCOc1ccc(NCc2cccc(Br)c2)cc1. The Hall–Kier alpha value is -1.48. The van der Waals surface area contributed by atoms with E-state index in [1.807, 2.05) is 43.3 Å². The van der Waals surface area contributed by atoms with E-state index in [9.17, 15) is 0 Å². The van der Waals surface area contributed by atoms with E-state index in [4.69, 9.17) is 4.74 Å². The van der Waals surface area contributed by atoms with Crippen molar-refractivity contribution in [3.63, 3.8) is 0 Å². The van der Waals surface area contributed by atoms with Gasteiger partial charge in [-0.3, -0.25) is 0 Å². The average Bonchev–Trinajstić information content (AvgIpc) is 2.38. The first kappa shape index (κ1) is 13.0. The summed E-state index contributed by atoms with van der Waals surface area (Å²) >= 11 is 3.47. The van der Waals surface area contributed by atoms with E-state index in [0.717, 1.165) is 22.5 Å². The van der Waals surface area contributed by atoms with Crippen molar-refractivity contribution >= 4 is 21.6 Å². The third kappa shape index (κ3) is 3.77. The van der Waals surface area contributed by atoms with Crippen LogP contribution in [0.5, 0.6) is 5.75 Å². The molecule has 18 heavy (non-hydrogen) atoms. The molecular formula is C15H16BrNO. The molecule has 0 spiro atoms. The van der Waals surface area contributed by atoms with Gasteiger partial charge in [-0.2, -0.15) is 0 Å². The Balaban J connectivity index is 1.93. The summed E-state index contributed by atoms with van der Waals surface area (Å²) in [6.07, 6.45) is 0. The second-order valence-corrected chi connectivity index (χ2v) is 4.86. The first-order valence-corrected chi connectivity index (χ1v) is 6.78. The van der Waals surface area contributed by atoms with Crippen LogP contribution in [0.2, 0.25) is 0 Å². The van der Waals surface area contributed by atoms with Crippen molar-refractivity contribution in [2.75, 3.05) is 11.9 Å². The molecule has 0 heterocycles. The Morgan fingerprint density at radius 1 is 1.11 bits per heavy atom. The van der Waals surface area contributed by atoms with Gasteiger partial charge in [-0.1, -0.05) is 28.1 Å². The molecule has 2 aromatic carbocycles. The van der Waals surface area contributed by atoms with E-state index in [0.29, 0.717) is 6.61 Å². The number of ether oxygens (including phenoxy) is 1. The van der Waals surface area contributed by atoms with Gasteiger partial charge in [0.15, 0.2) is 0 Å². The largest absolute Gasteiger partial charge is 0.494 e. The molecule has 1 N–H and O–H groups in total. The molecule has 2 aromatic rings. The standard InChI is InChI=1S/C15H16BrNO/c1-2-18-15-8-6-14(7-9-15)17-11-12-4-3-5-13(16)10-12/h3-10,17H,2,11H2,1H3. The van der Waals surface area contributed by atoms with Gasteiger partial charge in [0.1, 0.15) is 5.75 Å². The van der Waals surface area contributed by atoms with Crippen LogP contribution in [0.4, 0.5) is 5.69 Å². The van der Waals surface area contributed by atoms with Crippen LogP contribution in [-0.2, 0) is 6.54 Å². The summed E-state index contributed by atoms with van der Waals surface area (Å²) in [6, 6.07) is 16.3. The van der Waals surface area contributed by atoms with Crippen LogP contribution in [0.3, 0.4) is 0 Å². The van der Waals surface area contributed by atoms with Gasteiger partial charge in [-0.25, -0.2) is 0 Å². The van der Waals surface area contributed by atoms with Crippen molar-refractivity contribution in [3.05, 3.63) is 58.6 Å². The van der Waals surface area contributed by atoms with E-state index in [1.54, 1.807) is 0 Å². The van der Waals surface area contributed by atoms with Crippen LogP contribution in [0.15, 0.2) is 53.0 Å². The van der Waals surface area contributed by atoms with Crippen LogP contribution in [-0.4, -0.2) is 6.61 Å². The van der Waals surface area contributed by atoms with Gasteiger partial charge in [-0.15, -0.1) is 0 Å². The minimum atomic E-state index is 0.699.